The van der Waals surface area contributed by atoms with Crippen molar-refractivity contribution in [3.8, 4) is 0 Å². The third-order valence-electron chi connectivity index (χ3n) is 5.15. The van der Waals surface area contributed by atoms with Crippen LogP contribution in [-0.2, 0) is 17.8 Å². The molecule has 0 unspecified atom stereocenters. The molecule has 0 saturated carbocycles. The quantitative estimate of drug-likeness (QED) is 0.380. The largest absolute Gasteiger partial charge is 0.380 e. The van der Waals surface area contributed by atoms with Gasteiger partial charge in [0, 0.05) is 32.1 Å². The minimum absolute atomic E-state index is 0. The maximum atomic E-state index is 5.29. The summed E-state index contributed by atoms with van der Waals surface area (Å²) in [5.74, 6) is 0.852. The van der Waals surface area contributed by atoms with E-state index in [1.807, 2.05) is 7.05 Å². The van der Waals surface area contributed by atoms with E-state index in [9.17, 15) is 0 Å². The van der Waals surface area contributed by atoms with Gasteiger partial charge in [0.2, 0.25) is 0 Å². The Morgan fingerprint density at radius 1 is 1.08 bits per heavy atom. The summed E-state index contributed by atoms with van der Waals surface area (Å²) in [5, 5.41) is 6.79. The van der Waals surface area contributed by atoms with Gasteiger partial charge in [-0.05, 0) is 37.1 Å². The summed E-state index contributed by atoms with van der Waals surface area (Å²) < 4.78 is 5.29. The molecule has 0 amide bonds. The van der Waals surface area contributed by atoms with E-state index in [1.54, 1.807) is 0 Å². The lowest BCUT2D eigenvalue weighted by atomic mass is 9.89. The molecule has 6 heteroatoms. The number of aliphatic imine (C=N–C) groups is 1. The number of likely N-dealkylation sites (tertiary alicyclic amines) is 1. The van der Waals surface area contributed by atoms with E-state index in [0.29, 0.717) is 0 Å². The van der Waals surface area contributed by atoms with Gasteiger partial charge in [-0.3, -0.25) is 9.89 Å². The molecule has 2 heterocycles. The number of nitrogens with one attached hydrogen (secondary N) is 2. The van der Waals surface area contributed by atoms with Gasteiger partial charge in [0.05, 0.1) is 13.2 Å². The minimum atomic E-state index is 0. The van der Waals surface area contributed by atoms with Crippen LogP contribution in [0.25, 0.3) is 0 Å². The maximum absolute atomic E-state index is 5.29. The summed E-state index contributed by atoms with van der Waals surface area (Å²) in [6.07, 6.45) is 4.08. The van der Waals surface area contributed by atoms with E-state index >= 15 is 0 Å². The summed E-state index contributed by atoms with van der Waals surface area (Å²) in [6, 6.07) is 8.96. The van der Waals surface area contributed by atoms with Crippen molar-refractivity contribution < 1.29 is 4.74 Å². The van der Waals surface area contributed by atoms with Crippen molar-refractivity contribution in [2.75, 3.05) is 39.9 Å². The highest BCUT2D eigenvalue weighted by atomic mass is 127. The summed E-state index contributed by atoms with van der Waals surface area (Å²) in [4.78, 5) is 6.87. The van der Waals surface area contributed by atoms with E-state index in [2.05, 4.69) is 51.7 Å². The lowest BCUT2D eigenvalue weighted by Gasteiger charge is -2.38. The molecule has 2 fully saturated rings. The monoisotopic (exact) mass is 472 g/mol. The Morgan fingerprint density at radius 3 is 2.31 bits per heavy atom. The van der Waals surface area contributed by atoms with Crippen molar-refractivity contribution in [2.24, 2.45) is 10.4 Å². The lowest BCUT2D eigenvalue weighted by molar-refractivity contribution is -0.0971. The van der Waals surface area contributed by atoms with Gasteiger partial charge < -0.3 is 15.4 Å². The zero-order valence-corrected chi connectivity index (χ0v) is 18.4. The van der Waals surface area contributed by atoms with Crippen LogP contribution in [-0.4, -0.2) is 50.8 Å². The molecule has 1 aromatic rings. The Morgan fingerprint density at radius 2 is 1.73 bits per heavy atom. The molecule has 0 aromatic heterocycles. The van der Waals surface area contributed by atoms with Gasteiger partial charge in [-0.15, -0.1) is 24.0 Å². The molecule has 0 aliphatic carbocycles. The highest BCUT2D eigenvalue weighted by Gasteiger charge is 2.33. The average Bonchev–Trinajstić information content (AvgIpc) is 2.62. The first kappa shape index (κ1) is 21.4. The SMILES string of the molecule is CN=C(NCc1ccc(CN2CCCCC2)cc1)NCC1(C)COC1.I. The number of ether oxygens (including phenoxy) is 1. The fraction of sp³-hybridized carbons (Fsp3) is 0.650. The first-order valence-electron chi connectivity index (χ1n) is 9.49. The molecule has 0 radical (unpaired) electrons. The zero-order chi connectivity index (χ0) is 17.5. The Hall–Kier alpha value is -0.860. The van der Waals surface area contributed by atoms with Crippen molar-refractivity contribution in [3.63, 3.8) is 0 Å². The molecule has 0 atom stereocenters. The van der Waals surface area contributed by atoms with E-state index < -0.39 is 0 Å². The third kappa shape index (κ3) is 6.39. The fourth-order valence-corrected chi connectivity index (χ4v) is 3.39. The highest BCUT2D eigenvalue weighted by molar-refractivity contribution is 14.0. The molecular formula is C20H33IN4O. The van der Waals surface area contributed by atoms with Crippen LogP contribution in [0.3, 0.4) is 0 Å². The molecule has 146 valence electrons. The van der Waals surface area contributed by atoms with Crippen molar-refractivity contribution in [2.45, 2.75) is 39.3 Å². The second-order valence-electron chi connectivity index (χ2n) is 7.74. The van der Waals surface area contributed by atoms with Crippen molar-refractivity contribution in [1.29, 1.82) is 0 Å². The van der Waals surface area contributed by atoms with Crippen LogP contribution in [0, 0.1) is 5.41 Å². The van der Waals surface area contributed by atoms with Crippen LogP contribution in [0.2, 0.25) is 0 Å². The first-order chi connectivity index (χ1) is 12.2. The van der Waals surface area contributed by atoms with Gasteiger partial charge in [0.1, 0.15) is 0 Å². The molecule has 5 nitrogen and oxygen atoms in total. The van der Waals surface area contributed by atoms with E-state index in [-0.39, 0.29) is 29.4 Å². The van der Waals surface area contributed by atoms with E-state index in [0.717, 1.165) is 38.8 Å². The number of hydrogen-bond donors (Lipinski definition) is 2. The Kier molecular flexibility index (Phi) is 8.63. The minimum Gasteiger partial charge on any atom is -0.380 e. The summed E-state index contributed by atoms with van der Waals surface area (Å²) in [6.45, 7) is 9.14. The van der Waals surface area contributed by atoms with Crippen LogP contribution in [0.15, 0.2) is 29.3 Å². The summed E-state index contributed by atoms with van der Waals surface area (Å²) in [7, 11) is 1.82. The van der Waals surface area contributed by atoms with Gasteiger partial charge in [-0.1, -0.05) is 37.6 Å². The van der Waals surface area contributed by atoms with Gasteiger partial charge in [-0.25, -0.2) is 0 Å². The predicted molar refractivity (Wildman–Crippen MR) is 118 cm³/mol. The number of hydrogen-bond acceptors (Lipinski definition) is 3. The molecule has 2 saturated heterocycles. The number of piperidine rings is 1. The zero-order valence-electron chi connectivity index (χ0n) is 16.1. The molecule has 26 heavy (non-hydrogen) atoms. The fourth-order valence-electron chi connectivity index (χ4n) is 3.39. The van der Waals surface area contributed by atoms with Crippen LogP contribution >= 0.6 is 24.0 Å². The molecule has 2 N–H and O–H groups in total. The van der Waals surface area contributed by atoms with Crippen molar-refractivity contribution >= 4 is 29.9 Å². The molecule has 2 aliphatic heterocycles. The lowest BCUT2D eigenvalue weighted by Crippen LogP contribution is -2.50. The molecule has 0 bridgehead atoms. The first-order valence-corrected chi connectivity index (χ1v) is 9.49. The highest BCUT2D eigenvalue weighted by Crippen LogP contribution is 2.24. The molecular weight excluding hydrogens is 439 g/mol. The van der Waals surface area contributed by atoms with Gasteiger partial charge in [0.25, 0.3) is 0 Å². The number of nitrogens with zero attached hydrogens (tertiary/aromatic N) is 2. The third-order valence-corrected chi connectivity index (χ3v) is 5.15. The van der Waals surface area contributed by atoms with Crippen molar-refractivity contribution in [3.05, 3.63) is 35.4 Å². The van der Waals surface area contributed by atoms with Crippen LogP contribution in [0.1, 0.15) is 37.3 Å². The van der Waals surface area contributed by atoms with Gasteiger partial charge in [-0.2, -0.15) is 0 Å². The topological polar surface area (TPSA) is 48.9 Å². The summed E-state index contributed by atoms with van der Waals surface area (Å²) >= 11 is 0. The van der Waals surface area contributed by atoms with Crippen LogP contribution < -0.4 is 10.6 Å². The number of halogens is 1. The number of guanidine groups is 1. The molecule has 2 aliphatic rings. The van der Waals surface area contributed by atoms with Gasteiger partial charge in [0.15, 0.2) is 5.96 Å². The molecule has 1 aromatic carbocycles. The van der Waals surface area contributed by atoms with Crippen LogP contribution in [0.4, 0.5) is 0 Å². The molecule has 0 spiro atoms. The average molecular weight is 472 g/mol. The van der Waals surface area contributed by atoms with E-state index in [1.165, 1.54) is 43.5 Å². The second kappa shape index (κ2) is 10.5. The Bertz CT molecular complexity index is 566. The maximum Gasteiger partial charge on any atom is 0.191 e. The predicted octanol–water partition coefficient (Wildman–Crippen LogP) is 2.99. The van der Waals surface area contributed by atoms with Gasteiger partial charge >= 0.3 is 0 Å². The second-order valence-corrected chi connectivity index (χ2v) is 7.74. The number of rotatable bonds is 6. The summed E-state index contributed by atoms with van der Waals surface area (Å²) in [5.41, 5.74) is 2.93. The van der Waals surface area contributed by atoms with E-state index in [4.69, 9.17) is 4.74 Å². The standard InChI is InChI=1S/C20H32N4O.HI/c1-20(15-25-16-20)14-23-19(21-2)22-12-17-6-8-18(9-7-17)13-24-10-4-3-5-11-24;/h6-9H,3-5,10-16H2,1-2H3,(H2,21,22,23);1H. The Labute approximate surface area is 175 Å². The van der Waals surface area contributed by atoms with Crippen LogP contribution in [0.5, 0.6) is 0 Å². The Balaban J connectivity index is 0.00000243. The normalized spacial score (nSPS) is 20.0. The number of benzene rings is 1. The smallest absolute Gasteiger partial charge is 0.191 e. The molecule has 3 rings (SSSR count). The van der Waals surface area contributed by atoms with Crippen molar-refractivity contribution in [1.82, 2.24) is 15.5 Å².